The summed E-state index contributed by atoms with van der Waals surface area (Å²) < 4.78 is 4.87. The molecule has 0 saturated carbocycles. The van der Waals surface area contributed by atoms with E-state index in [0.717, 1.165) is 0 Å². The molecule has 19 heavy (non-hydrogen) atoms. The maximum absolute atomic E-state index is 11.4. The third-order valence-electron chi connectivity index (χ3n) is 2.31. The number of amides is 2. The number of hydrogen-bond donors (Lipinski definition) is 0. The van der Waals surface area contributed by atoms with Crippen molar-refractivity contribution in [1.29, 1.82) is 0 Å². The quantitative estimate of drug-likeness (QED) is 0.518. The number of hydrogen-bond acceptors (Lipinski definition) is 6. The summed E-state index contributed by atoms with van der Waals surface area (Å²) in [6, 6.07) is 0. The first-order chi connectivity index (χ1) is 8.90. The van der Waals surface area contributed by atoms with Crippen LogP contribution in [0, 0.1) is 5.92 Å². The summed E-state index contributed by atoms with van der Waals surface area (Å²) in [7, 11) is 0. The van der Waals surface area contributed by atoms with Crippen molar-refractivity contribution < 1.29 is 28.8 Å². The molecule has 0 aromatic carbocycles. The van der Waals surface area contributed by atoms with Crippen molar-refractivity contribution in [2.75, 3.05) is 6.61 Å². The predicted molar refractivity (Wildman–Crippen MR) is 62.2 cm³/mol. The van der Waals surface area contributed by atoms with Gasteiger partial charge in [-0.25, -0.2) is 4.79 Å². The Kier molecular flexibility index (Phi) is 5.47. The number of esters is 1. The molecule has 2 amide bonds. The Bertz CT molecular complexity index is 374. The average Bonchev–Trinajstić information content (AvgIpc) is 2.65. The second-order valence-corrected chi connectivity index (χ2v) is 4.62. The highest BCUT2D eigenvalue weighted by Crippen LogP contribution is 2.13. The van der Waals surface area contributed by atoms with E-state index in [4.69, 9.17) is 4.74 Å². The van der Waals surface area contributed by atoms with Crippen LogP contribution < -0.4 is 0 Å². The number of ether oxygens (including phenoxy) is 1. The molecule has 0 bridgehead atoms. The number of nitrogens with zero attached hydrogens (tertiary/aromatic N) is 1. The highest BCUT2D eigenvalue weighted by molar-refractivity contribution is 6.01. The standard InChI is InChI=1S/C12H17NO6/c1-8(2)7-18-11(16)5-6-12(17)19-13-9(14)3-4-10(13)15/h8H,3-7H2,1-2H3. The molecule has 0 aromatic rings. The molecule has 7 nitrogen and oxygen atoms in total. The number of hydroxylamine groups is 2. The van der Waals surface area contributed by atoms with Crippen molar-refractivity contribution in [3.63, 3.8) is 0 Å². The molecular formula is C12H17NO6. The Hall–Kier alpha value is -1.92. The van der Waals surface area contributed by atoms with Crippen LogP contribution >= 0.6 is 0 Å². The zero-order valence-corrected chi connectivity index (χ0v) is 11.0. The van der Waals surface area contributed by atoms with Crippen molar-refractivity contribution in [2.45, 2.75) is 39.5 Å². The van der Waals surface area contributed by atoms with Crippen LogP contribution in [-0.2, 0) is 28.8 Å². The van der Waals surface area contributed by atoms with E-state index in [1.807, 2.05) is 13.8 Å². The van der Waals surface area contributed by atoms with Crippen LogP contribution in [0.1, 0.15) is 39.5 Å². The van der Waals surface area contributed by atoms with Gasteiger partial charge in [-0.3, -0.25) is 14.4 Å². The number of carbonyl (C=O) groups excluding carboxylic acids is 4. The van der Waals surface area contributed by atoms with Gasteiger partial charge in [0.05, 0.1) is 19.4 Å². The van der Waals surface area contributed by atoms with E-state index in [2.05, 4.69) is 4.84 Å². The smallest absolute Gasteiger partial charge is 0.333 e. The topological polar surface area (TPSA) is 90.0 Å². The first-order valence-electron chi connectivity index (χ1n) is 6.12. The Balaban J connectivity index is 2.26. The molecule has 1 aliphatic heterocycles. The summed E-state index contributed by atoms with van der Waals surface area (Å²) in [5, 5.41) is 0.460. The molecule has 0 N–H and O–H groups in total. The van der Waals surface area contributed by atoms with Crippen molar-refractivity contribution in [3.05, 3.63) is 0 Å². The number of carbonyl (C=O) groups is 4. The lowest BCUT2D eigenvalue weighted by molar-refractivity contribution is -0.197. The summed E-state index contributed by atoms with van der Waals surface area (Å²) in [4.78, 5) is 49.5. The van der Waals surface area contributed by atoms with Crippen LogP contribution in [0.15, 0.2) is 0 Å². The summed E-state index contributed by atoms with van der Waals surface area (Å²) in [6.07, 6.45) is -0.277. The molecule has 0 aromatic heterocycles. The first-order valence-corrected chi connectivity index (χ1v) is 6.12. The molecule has 7 heteroatoms. The lowest BCUT2D eigenvalue weighted by atomic mass is 10.2. The molecular weight excluding hydrogens is 254 g/mol. The van der Waals surface area contributed by atoms with Crippen molar-refractivity contribution in [2.24, 2.45) is 5.92 Å². The summed E-state index contributed by atoms with van der Waals surface area (Å²) in [6.45, 7) is 4.08. The minimum atomic E-state index is -0.801. The van der Waals surface area contributed by atoms with Gasteiger partial charge in [-0.1, -0.05) is 13.8 Å². The largest absolute Gasteiger partial charge is 0.465 e. The number of imide groups is 1. The van der Waals surface area contributed by atoms with Gasteiger partial charge in [0.1, 0.15) is 0 Å². The molecule has 1 heterocycles. The molecule has 1 saturated heterocycles. The Morgan fingerprint density at radius 2 is 1.63 bits per heavy atom. The van der Waals surface area contributed by atoms with Crippen molar-refractivity contribution in [3.8, 4) is 0 Å². The van der Waals surface area contributed by atoms with Gasteiger partial charge in [0.2, 0.25) is 0 Å². The Morgan fingerprint density at radius 1 is 1.11 bits per heavy atom. The van der Waals surface area contributed by atoms with Gasteiger partial charge in [-0.05, 0) is 5.92 Å². The van der Waals surface area contributed by atoms with E-state index >= 15 is 0 Å². The third kappa shape index (κ3) is 5.07. The van der Waals surface area contributed by atoms with Gasteiger partial charge in [-0.15, -0.1) is 5.06 Å². The van der Waals surface area contributed by atoms with Crippen LogP contribution in [0.5, 0.6) is 0 Å². The van der Waals surface area contributed by atoms with Gasteiger partial charge in [0, 0.05) is 12.8 Å². The minimum Gasteiger partial charge on any atom is -0.465 e. The van der Waals surface area contributed by atoms with E-state index in [-0.39, 0.29) is 38.2 Å². The molecule has 0 unspecified atom stereocenters. The summed E-state index contributed by atoms with van der Waals surface area (Å²) in [5.41, 5.74) is 0. The van der Waals surface area contributed by atoms with Crippen molar-refractivity contribution >= 4 is 23.8 Å². The molecule has 1 rings (SSSR count). The lowest BCUT2D eigenvalue weighted by Gasteiger charge is -2.12. The monoisotopic (exact) mass is 271 g/mol. The molecule has 106 valence electrons. The Morgan fingerprint density at radius 3 is 2.16 bits per heavy atom. The SMILES string of the molecule is CC(C)COC(=O)CCC(=O)ON1C(=O)CCC1=O. The normalized spacial score (nSPS) is 15.0. The highest BCUT2D eigenvalue weighted by atomic mass is 16.7. The first kappa shape index (κ1) is 15.1. The Labute approximate surface area is 110 Å². The maximum Gasteiger partial charge on any atom is 0.333 e. The van der Waals surface area contributed by atoms with Crippen molar-refractivity contribution in [1.82, 2.24) is 5.06 Å². The van der Waals surface area contributed by atoms with Gasteiger partial charge < -0.3 is 9.57 Å². The molecule has 1 aliphatic rings. The highest BCUT2D eigenvalue weighted by Gasteiger charge is 2.32. The van der Waals surface area contributed by atoms with Crippen LogP contribution in [-0.4, -0.2) is 35.4 Å². The van der Waals surface area contributed by atoms with E-state index in [0.29, 0.717) is 5.06 Å². The number of rotatable bonds is 6. The van der Waals surface area contributed by atoms with Gasteiger partial charge >= 0.3 is 11.9 Å². The average molecular weight is 271 g/mol. The van der Waals surface area contributed by atoms with Crippen LogP contribution in [0.4, 0.5) is 0 Å². The zero-order chi connectivity index (χ0) is 14.4. The fourth-order valence-electron chi connectivity index (χ4n) is 1.34. The zero-order valence-electron chi connectivity index (χ0n) is 11.0. The maximum atomic E-state index is 11.4. The van der Waals surface area contributed by atoms with E-state index in [1.54, 1.807) is 0 Å². The predicted octanol–water partition coefficient (Wildman–Crippen LogP) is 0.573. The van der Waals surface area contributed by atoms with Gasteiger partial charge in [0.25, 0.3) is 11.8 Å². The summed E-state index contributed by atoms with van der Waals surface area (Å²) in [5.74, 6) is -2.17. The fraction of sp³-hybridized carbons (Fsp3) is 0.667. The van der Waals surface area contributed by atoms with E-state index < -0.39 is 23.8 Å². The molecule has 1 fully saturated rings. The molecule has 0 spiro atoms. The second kappa shape index (κ2) is 6.86. The summed E-state index contributed by atoms with van der Waals surface area (Å²) >= 11 is 0. The lowest BCUT2D eigenvalue weighted by Crippen LogP contribution is -2.32. The van der Waals surface area contributed by atoms with Crippen LogP contribution in [0.25, 0.3) is 0 Å². The van der Waals surface area contributed by atoms with Gasteiger partial charge in [-0.2, -0.15) is 0 Å². The molecule has 0 atom stereocenters. The van der Waals surface area contributed by atoms with Gasteiger partial charge in [0.15, 0.2) is 0 Å². The molecule has 0 radical (unpaired) electrons. The van der Waals surface area contributed by atoms with Crippen LogP contribution in [0.3, 0.4) is 0 Å². The second-order valence-electron chi connectivity index (χ2n) is 4.62. The third-order valence-corrected chi connectivity index (χ3v) is 2.31. The molecule has 0 aliphatic carbocycles. The van der Waals surface area contributed by atoms with E-state index in [1.165, 1.54) is 0 Å². The van der Waals surface area contributed by atoms with E-state index in [9.17, 15) is 19.2 Å². The fourth-order valence-corrected chi connectivity index (χ4v) is 1.34. The van der Waals surface area contributed by atoms with Crippen LogP contribution in [0.2, 0.25) is 0 Å². The minimum absolute atomic E-state index is 0.0442.